The minimum atomic E-state index is -1.19. The van der Waals surface area contributed by atoms with Crippen LogP contribution >= 0.6 is 0 Å². The van der Waals surface area contributed by atoms with Crippen LogP contribution in [0.5, 0.6) is 17.2 Å². The van der Waals surface area contributed by atoms with Gasteiger partial charge in [0.25, 0.3) is 0 Å². The van der Waals surface area contributed by atoms with Crippen molar-refractivity contribution in [1.82, 2.24) is 0 Å². The van der Waals surface area contributed by atoms with Crippen LogP contribution in [0.3, 0.4) is 0 Å². The highest BCUT2D eigenvalue weighted by atomic mass is 19.1. The summed E-state index contributed by atoms with van der Waals surface area (Å²) in [6.07, 6.45) is -0.109. The number of carboxylic acid groups (broad SMARTS) is 1. The highest BCUT2D eigenvalue weighted by Crippen LogP contribution is 2.43. The maximum Gasteiger partial charge on any atom is 0.320 e. The van der Waals surface area contributed by atoms with Gasteiger partial charge in [-0.25, -0.2) is 4.39 Å². The molecule has 0 radical (unpaired) electrons. The molecule has 3 N–H and O–H groups in total. The fraction of sp³-hybridized carbons (Fsp3) is 0.364. The van der Waals surface area contributed by atoms with Gasteiger partial charge in [0.15, 0.2) is 23.1 Å². The van der Waals surface area contributed by atoms with E-state index < -0.39 is 17.8 Å². The molecule has 0 saturated heterocycles. The van der Waals surface area contributed by atoms with E-state index in [-0.39, 0.29) is 36.0 Å². The molecule has 0 aliphatic carbocycles. The molecule has 1 aromatic carbocycles. The second-order valence-electron chi connectivity index (χ2n) is 3.75. The molecule has 0 amide bonds. The number of hydrogen-bond acceptors (Lipinski definition) is 5. The molecular formula is C11H12FNO5. The van der Waals surface area contributed by atoms with E-state index in [2.05, 4.69) is 0 Å². The Bertz CT molecular complexity index is 487. The monoisotopic (exact) mass is 257 g/mol. The summed E-state index contributed by atoms with van der Waals surface area (Å²) in [5, 5.41) is 8.79. The summed E-state index contributed by atoms with van der Waals surface area (Å²) in [5.74, 6) is -1.40. The first-order chi connectivity index (χ1) is 8.54. The number of carbonyl (C=O) groups is 1. The Balaban J connectivity index is 2.46. The molecule has 1 atom stereocenters. The fourth-order valence-electron chi connectivity index (χ4n) is 1.77. The Hall–Kier alpha value is -2.02. The van der Waals surface area contributed by atoms with Crippen LogP contribution in [0.2, 0.25) is 0 Å². The van der Waals surface area contributed by atoms with Crippen LogP contribution in [-0.2, 0) is 11.2 Å². The van der Waals surface area contributed by atoms with Crippen molar-refractivity contribution < 1.29 is 28.5 Å². The largest absolute Gasteiger partial charge is 0.493 e. The number of rotatable bonds is 4. The van der Waals surface area contributed by atoms with Crippen LogP contribution in [0.25, 0.3) is 0 Å². The Morgan fingerprint density at radius 2 is 2.39 bits per heavy atom. The lowest BCUT2D eigenvalue weighted by Crippen LogP contribution is -2.32. The summed E-state index contributed by atoms with van der Waals surface area (Å²) in [6, 6.07) is -0.0364. The van der Waals surface area contributed by atoms with E-state index in [1.807, 2.05) is 0 Å². The van der Waals surface area contributed by atoms with Crippen LogP contribution in [0.1, 0.15) is 5.56 Å². The van der Waals surface area contributed by atoms with Crippen LogP contribution in [0.15, 0.2) is 6.07 Å². The van der Waals surface area contributed by atoms with Crippen LogP contribution in [-0.4, -0.2) is 31.0 Å². The summed E-state index contributed by atoms with van der Waals surface area (Å²) < 4.78 is 28.9. The number of aliphatic carboxylic acids is 1. The Labute approximate surface area is 102 Å². The zero-order chi connectivity index (χ0) is 13.3. The van der Waals surface area contributed by atoms with Crippen molar-refractivity contribution in [3.8, 4) is 17.2 Å². The van der Waals surface area contributed by atoms with Crippen LogP contribution in [0.4, 0.5) is 4.39 Å². The smallest absolute Gasteiger partial charge is 0.320 e. The third-order valence-corrected chi connectivity index (χ3v) is 2.61. The van der Waals surface area contributed by atoms with Gasteiger partial charge in [0.1, 0.15) is 6.04 Å². The number of hydrogen-bond donors (Lipinski definition) is 2. The molecule has 18 heavy (non-hydrogen) atoms. The minimum absolute atomic E-state index is 0.0444. The van der Waals surface area contributed by atoms with E-state index in [1.165, 1.54) is 7.11 Å². The predicted octanol–water partition coefficient (Wildman–Crippen LogP) is 0.517. The molecule has 0 saturated carbocycles. The summed E-state index contributed by atoms with van der Waals surface area (Å²) in [7, 11) is 1.29. The van der Waals surface area contributed by atoms with Crippen molar-refractivity contribution in [2.45, 2.75) is 12.5 Å². The highest BCUT2D eigenvalue weighted by Gasteiger charge is 2.28. The van der Waals surface area contributed by atoms with Gasteiger partial charge in [-0.05, 0) is 0 Å². The van der Waals surface area contributed by atoms with Gasteiger partial charge < -0.3 is 25.1 Å². The molecule has 1 aliphatic rings. The van der Waals surface area contributed by atoms with Crippen molar-refractivity contribution in [2.75, 3.05) is 13.9 Å². The summed E-state index contributed by atoms with van der Waals surface area (Å²) in [5.41, 5.74) is 5.71. The lowest BCUT2D eigenvalue weighted by Gasteiger charge is -2.14. The quantitative estimate of drug-likeness (QED) is 0.817. The molecule has 1 aliphatic heterocycles. The number of methoxy groups -OCH3 is 1. The summed E-state index contributed by atoms with van der Waals surface area (Å²) >= 11 is 0. The third kappa shape index (κ3) is 2.04. The topological polar surface area (TPSA) is 91.0 Å². The molecule has 0 fully saturated rings. The van der Waals surface area contributed by atoms with Crippen LogP contribution < -0.4 is 19.9 Å². The number of ether oxygens (including phenoxy) is 3. The minimum Gasteiger partial charge on any atom is -0.493 e. The van der Waals surface area contributed by atoms with Gasteiger partial charge in [-0.15, -0.1) is 0 Å². The molecule has 1 unspecified atom stereocenters. The van der Waals surface area contributed by atoms with Gasteiger partial charge in [-0.1, -0.05) is 0 Å². The first kappa shape index (κ1) is 12.4. The Kier molecular flexibility index (Phi) is 3.24. The molecular weight excluding hydrogens is 245 g/mol. The molecule has 0 aromatic heterocycles. The first-order valence-electron chi connectivity index (χ1n) is 5.18. The maximum absolute atomic E-state index is 13.7. The lowest BCUT2D eigenvalue weighted by molar-refractivity contribution is -0.138. The van der Waals surface area contributed by atoms with E-state index in [1.54, 1.807) is 0 Å². The number of nitrogens with two attached hydrogens (primary N) is 1. The second kappa shape index (κ2) is 4.69. The van der Waals surface area contributed by atoms with E-state index in [4.69, 9.17) is 25.1 Å². The summed E-state index contributed by atoms with van der Waals surface area (Å²) in [6.45, 7) is -0.0444. The van der Waals surface area contributed by atoms with Crippen molar-refractivity contribution in [3.05, 3.63) is 17.4 Å². The fourth-order valence-corrected chi connectivity index (χ4v) is 1.77. The van der Waals surface area contributed by atoms with E-state index in [0.29, 0.717) is 0 Å². The van der Waals surface area contributed by atoms with E-state index in [9.17, 15) is 9.18 Å². The number of fused-ring (bicyclic) bond motifs is 1. The normalized spacial score (nSPS) is 14.4. The average Bonchev–Trinajstić information content (AvgIpc) is 2.76. The second-order valence-corrected chi connectivity index (χ2v) is 3.75. The zero-order valence-corrected chi connectivity index (χ0v) is 9.60. The van der Waals surface area contributed by atoms with Crippen LogP contribution in [0, 0.1) is 5.82 Å². The van der Waals surface area contributed by atoms with Crippen molar-refractivity contribution in [2.24, 2.45) is 5.73 Å². The Morgan fingerprint density at radius 1 is 1.67 bits per heavy atom. The number of benzene rings is 1. The molecule has 6 nitrogen and oxygen atoms in total. The van der Waals surface area contributed by atoms with E-state index >= 15 is 0 Å². The van der Waals surface area contributed by atoms with Gasteiger partial charge in [0, 0.05) is 18.1 Å². The van der Waals surface area contributed by atoms with Gasteiger partial charge >= 0.3 is 5.97 Å². The van der Waals surface area contributed by atoms with Gasteiger partial charge in [0.05, 0.1) is 7.11 Å². The summed E-state index contributed by atoms with van der Waals surface area (Å²) in [4.78, 5) is 10.8. The number of carboxylic acids is 1. The molecule has 7 heteroatoms. The van der Waals surface area contributed by atoms with Crippen molar-refractivity contribution in [1.29, 1.82) is 0 Å². The van der Waals surface area contributed by atoms with Gasteiger partial charge in [0.2, 0.25) is 6.79 Å². The molecule has 0 spiro atoms. The molecule has 2 rings (SSSR count). The molecule has 1 aromatic rings. The van der Waals surface area contributed by atoms with Gasteiger partial charge in [-0.3, -0.25) is 4.79 Å². The van der Waals surface area contributed by atoms with Crippen molar-refractivity contribution in [3.63, 3.8) is 0 Å². The SMILES string of the molecule is COc1c(F)cc2c(c1CC(N)C(=O)O)OCO2. The molecule has 0 bridgehead atoms. The first-order valence-corrected chi connectivity index (χ1v) is 5.18. The van der Waals surface area contributed by atoms with Gasteiger partial charge in [-0.2, -0.15) is 0 Å². The third-order valence-electron chi connectivity index (χ3n) is 2.61. The predicted molar refractivity (Wildman–Crippen MR) is 58.4 cm³/mol. The molecule has 1 heterocycles. The number of halogens is 1. The molecule has 98 valence electrons. The van der Waals surface area contributed by atoms with Crippen molar-refractivity contribution >= 4 is 5.97 Å². The van der Waals surface area contributed by atoms with E-state index in [0.717, 1.165) is 6.07 Å². The lowest BCUT2D eigenvalue weighted by atomic mass is 10.0. The maximum atomic E-state index is 13.7. The highest BCUT2D eigenvalue weighted by molar-refractivity contribution is 5.74. The zero-order valence-electron chi connectivity index (χ0n) is 9.60. The Morgan fingerprint density at radius 3 is 3.00 bits per heavy atom. The standard InChI is InChI=1S/C11H12FNO5/c1-16-9-5(2-7(13)11(14)15)10-8(3-6(9)12)17-4-18-10/h3,7H,2,4,13H2,1H3,(H,14,15). The average molecular weight is 257 g/mol.